The molecule has 25 heavy (non-hydrogen) atoms. The first-order chi connectivity index (χ1) is 11.3. The molecule has 0 heterocycles. The van der Waals surface area contributed by atoms with Gasteiger partial charge in [0.25, 0.3) is 0 Å². The quantitative estimate of drug-likeness (QED) is 0.379. The van der Waals surface area contributed by atoms with Crippen molar-refractivity contribution in [1.29, 1.82) is 0 Å². The van der Waals surface area contributed by atoms with Crippen molar-refractivity contribution in [1.82, 2.24) is 0 Å². The predicted molar refractivity (Wildman–Crippen MR) is 86.9 cm³/mol. The monoisotopic (exact) mass is 475 g/mol. The van der Waals surface area contributed by atoms with Crippen LogP contribution in [0.1, 0.15) is 20.8 Å². The van der Waals surface area contributed by atoms with Crippen molar-refractivity contribution in [3.8, 4) is 0 Å². The molecule has 0 aliphatic rings. The minimum atomic E-state index is -1.16. The van der Waals surface area contributed by atoms with Gasteiger partial charge in [-0.3, -0.25) is 0 Å². The summed E-state index contributed by atoms with van der Waals surface area (Å²) < 4.78 is 0. The van der Waals surface area contributed by atoms with E-state index in [1.54, 1.807) is 57.2 Å². The minimum absolute atomic E-state index is 0. The Morgan fingerprint density at radius 2 is 0.720 bits per heavy atom. The Bertz CT molecular complexity index is 450. The topological polar surface area (TPSA) is 120 Å². The number of carboxylic acids is 3. The van der Waals surface area contributed by atoms with Crippen LogP contribution in [0.15, 0.2) is 72.9 Å². The number of allylic oxidation sites excluding steroid dienone is 9. The van der Waals surface area contributed by atoms with Gasteiger partial charge in [-0.05, 0) is 39.0 Å². The zero-order valence-electron chi connectivity index (χ0n) is 14.4. The first kappa shape index (κ1) is 31.0. The van der Waals surface area contributed by atoms with Crippen LogP contribution in [0.4, 0.5) is 0 Å². The van der Waals surface area contributed by atoms with E-state index >= 15 is 0 Å². The molecule has 0 aromatic heterocycles. The van der Waals surface area contributed by atoms with Gasteiger partial charge >= 0.3 is 40.8 Å². The summed E-state index contributed by atoms with van der Waals surface area (Å²) in [6.07, 6.45) is 17.2. The van der Waals surface area contributed by atoms with E-state index in [4.69, 9.17) is 0 Å². The summed E-state index contributed by atoms with van der Waals surface area (Å²) in [7, 11) is 0. The van der Waals surface area contributed by atoms with Crippen molar-refractivity contribution in [2.45, 2.75) is 20.8 Å². The summed E-state index contributed by atoms with van der Waals surface area (Å²) in [5, 5.41) is 28.9. The third kappa shape index (κ3) is 52.0. The maximum absolute atomic E-state index is 9.64. The Labute approximate surface area is 181 Å². The van der Waals surface area contributed by atoms with E-state index in [9.17, 15) is 29.7 Å². The second-order valence-corrected chi connectivity index (χ2v) is 3.61. The van der Waals surface area contributed by atoms with Gasteiger partial charge in [-0.15, -0.1) is 0 Å². The van der Waals surface area contributed by atoms with Crippen LogP contribution in [0.25, 0.3) is 0 Å². The van der Waals surface area contributed by atoms with E-state index in [-0.39, 0.29) is 40.8 Å². The third-order valence-corrected chi connectivity index (χ3v) is 1.61. The minimum Gasteiger partial charge on any atom is -0.545 e. The molecule has 0 amide bonds. The molecule has 0 saturated heterocycles. The number of aliphatic carboxylic acids is 3. The van der Waals surface area contributed by atoms with Crippen LogP contribution in [0.2, 0.25) is 0 Å². The summed E-state index contributed by atoms with van der Waals surface area (Å²) >= 11 is 0. The zero-order valence-corrected chi connectivity index (χ0v) is 17.6. The molecule has 7 heteroatoms. The maximum Gasteiger partial charge on any atom is 3.00 e. The number of carbonyl (C=O) groups excluding carboxylic acids is 3. The normalized spacial score (nSPS) is 10.7. The summed E-state index contributed by atoms with van der Waals surface area (Å²) in [6, 6.07) is 0. The van der Waals surface area contributed by atoms with E-state index < -0.39 is 17.9 Å². The van der Waals surface area contributed by atoms with Crippen molar-refractivity contribution in [3.63, 3.8) is 0 Å². The molecule has 0 aromatic rings. The van der Waals surface area contributed by atoms with Gasteiger partial charge in [-0.2, -0.15) is 0 Å². The van der Waals surface area contributed by atoms with Crippen molar-refractivity contribution in [3.05, 3.63) is 72.9 Å². The molecule has 1 radical (unpaired) electrons. The second kappa shape index (κ2) is 27.1. The molecular weight excluding hydrogens is 456 g/mol. The van der Waals surface area contributed by atoms with Crippen molar-refractivity contribution in [2.75, 3.05) is 0 Å². The average molecular weight is 478 g/mol. The van der Waals surface area contributed by atoms with Gasteiger partial charge < -0.3 is 29.7 Å². The van der Waals surface area contributed by atoms with Crippen molar-refractivity contribution >= 4 is 17.9 Å². The molecule has 0 aromatic carbocycles. The van der Waals surface area contributed by atoms with E-state index in [0.29, 0.717) is 0 Å². The number of hydrogen-bond donors (Lipinski definition) is 0. The van der Waals surface area contributed by atoms with Crippen molar-refractivity contribution in [2.24, 2.45) is 0 Å². The standard InChI is InChI=1S/3C6H8O2.Nd/c3*1-2-3-4-5-6(7)8;/h3*2-5H,1H3,(H,7,8);/q;;;+3/p-3/b3*3-2+,5-4+;. The molecule has 6 nitrogen and oxygen atoms in total. The van der Waals surface area contributed by atoms with Crippen LogP contribution >= 0.6 is 0 Å². The Kier molecular flexibility index (Phi) is 33.6. The van der Waals surface area contributed by atoms with Crippen molar-refractivity contribution < 1.29 is 70.5 Å². The Morgan fingerprint density at radius 1 is 0.520 bits per heavy atom. The fourth-order valence-corrected chi connectivity index (χ4v) is 0.736. The van der Waals surface area contributed by atoms with Crippen LogP contribution in [0, 0.1) is 40.8 Å². The first-order valence-corrected chi connectivity index (χ1v) is 6.82. The molecule has 0 aliphatic carbocycles. The van der Waals surface area contributed by atoms with Gasteiger partial charge in [-0.1, -0.05) is 54.7 Å². The van der Waals surface area contributed by atoms with Gasteiger partial charge in [-0.25, -0.2) is 0 Å². The van der Waals surface area contributed by atoms with E-state index in [2.05, 4.69) is 0 Å². The predicted octanol–water partition coefficient (Wildman–Crippen LogP) is -0.394. The number of rotatable bonds is 6. The van der Waals surface area contributed by atoms with E-state index in [1.807, 2.05) is 0 Å². The van der Waals surface area contributed by atoms with E-state index in [0.717, 1.165) is 18.2 Å². The van der Waals surface area contributed by atoms with Gasteiger partial charge in [0, 0.05) is 0 Å². The van der Waals surface area contributed by atoms with Crippen LogP contribution in [0.3, 0.4) is 0 Å². The fraction of sp³-hybridized carbons (Fsp3) is 0.167. The molecule has 0 rings (SSSR count). The molecule has 133 valence electrons. The zero-order chi connectivity index (χ0) is 19.2. The van der Waals surface area contributed by atoms with Gasteiger partial charge in [0.05, 0.1) is 17.9 Å². The smallest absolute Gasteiger partial charge is 0.545 e. The largest absolute Gasteiger partial charge is 3.00 e. The van der Waals surface area contributed by atoms with Gasteiger partial charge in [0.15, 0.2) is 0 Å². The molecule has 0 atom stereocenters. The Hall–Kier alpha value is -1.80. The van der Waals surface area contributed by atoms with Crippen LogP contribution in [-0.4, -0.2) is 17.9 Å². The summed E-state index contributed by atoms with van der Waals surface area (Å²) in [5.41, 5.74) is 0. The molecule has 0 spiro atoms. The Morgan fingerprint density at radius 3 is 0.840 bits per heavy atom. The summed E-state index contributed by atoms with van der Waals surface area (Å²) in [5.74, 6) is -3.49. The summed E-state index contributed by atoms with van der Waals surface area (Å²) in [6.45, 7) is 5.42. The second-order valence-electron chi connectivity index (χ2n) is 3.61. The fourth-order valence-electron chi connectivity index (χ4n) is 0.736. The number of hydrogen-bond acceptors (Lipinski definition) is 6. The average Bonchev–Trinajstić information content (AvgIpc) is 2.48. The first-order valence-electron chi connectivity index (χ1n) is 6.82. The SMILES string of the molecule is C/C=C/C=C/C(=O)[O-].C/C=C/C=C/C(=O)[O-].C/C=C/C=C/C(=O)[O-].[Nd+3]. The molecule has 0 fully saturated rings. The van der Waals surface area contributed by atoms with E-state index in [1.165, 1.54) is 18.2 Å². The van der Waals surface area contributed by atoms with Crippen LogP contribution in [0.5, 0.6) is 0 Å². The molecule has 0 bridgehead atoms. The molecule has 0 N–H and O–H groups in total. The summed E-state index contributed by atoms with van der Waals surface area (Å²) in [4.78, 5) is 28.9. The molecule has 0 unspecified atom stereocenters. The third-order valence-electron chi connectivity index (χ3n) is 1.61. The van der Waals surface area contributed by atoms with Gasteiger partial charge in [0.2, 0.25) is 0 Å². The van der Waals surface area contributed by atoms with Gasteiger partial charge in [0.1, 0.15) is 0 Å². The Balaban J connectivity index is -0.000000130. The van der Waals surface area contributed by atoms with Crippen LogP contribution in [-0.2, 0) is 14.4 Å². The number of carbonyl (C=O) groups is 3. The maximum atomic E-state index is 9.64. The molecular formula is C18H21NdO6. The molecule has 0 saturated carbocycles. The molecule has 0 aliphatic heterocycles. The number of carboxylic acid groups (broad SMARTS) is 3. The van der Waals surface area contributed by atoms with Crippen LogP contribution < -0.4 is 15.3 Å².